The van der Waals surface area contributed by atoms with Gasteiger partial charge in [0.1, 0.15) is 10.7 Å². The van der Waals surface area contributed by atoms with Crippen LogP contribution < -0.4 is 15.5 Å². The van der Waals surface area contributed by atoms with Gasteiger partial charge in [0.05, 0.1) is 16.5 Å². The van der Waals surface area contributed by atoms with Crippen LogP contribution in [-0.4, -0.2) is 52.7 Å². The monoisotopic (exact) mass is 325 g/mol. The quantitative estimate of drug-likeness (QED) is 0.872. The summed E-state index contributed by atoms with van der Waals surface area (Å²) >= 11 is 0. The third-order valence-corrected chi connectivity index (χ3v) is 5.08. The number of rotatable bonds is 4. The maximum absolute atomic E-state index is 12.1. The summed E-state index contributed by atoms with van der Waals surface area (Å²) in [5, 5.41) is 6.65. The zero-order valence-electron chi connectivity index (χ0n) is 13.8. The van der Waals surface area contributed by atoms with Crippen molar-refractivity contribution in [2.24, 2.45) is 0 Å². The summed E-state index contributed by atoms with van der Waals surface area (Å²) in [5.41, 5.74) is 0.963. The predicted molar refractivity (Wildman–Crippen MR) is 92.2 cm³/mol. The van der Waals surface area contributed by atoms with E-state index in [0.717, 1.165) is 67.9 Å². The SMILES string of the molecule is CC.CCCNc1nc(N2CCNCC2)nc2c1S(=O)CC2. The lowest BCUT2D eigenvalue weighted by Crippen LogP contribution is -2.44. The third kappa shape index (κ3) is 3.76. The molecule has 1 fully saturated rings. The number of hydrogen-bond donors (Lipinski definition) is 2. The normalized spacial score (nSPS) is 20.1. The van der Waals surface area contributed by atoms with E-state index in [1.54, 1.807) is 0 Å². The standard InChI is InChI=1S/C13H21N5OS.C2H6/c1-2-4-15-12-11-10(3-9-20(11)19)16-13(17-12)18-7-5-14-6-8-18;1-2/h14H,2-9H2,1H3,(H,15,16,17);1-2H3. The van der Waals surface area contributed by atoms with E-state index in [2.05, 4.69) is 32.4 Å². The van der Waals surface area contributed by atoms with Crippen molar-refractivity contribution in [2.45, 2.75) is 38.5 Å². The summed E-state index contributed by atoms with van der Waals surface area (Å²) in [6, 6.07) is 0. The maximum Gasteiger partial charge on any atom is 0.227 e. The molecule has 1 unspecified atom stereocenters. The van der Waals surface area contributed by atoms with Crippen molar-refractivity contribution in [1.82, 2.24) is 15.3 Å². The van der Waals surface area contributed by atoms with Crippen LogP contribution >= 0.6 is 0 Å². The van der Waals surface area contributed by atoms with Gasteiger partial charge in [-0.2, -0.15) is 4.98 Å². The molecular weight excluding hydrogens is 298 g/mol. The van der Waals surface area contributed by atoms with Crippen LogP contribution in [0.2, 0.25) is 0 Å². The zero-order valence-corrected chi connectivity index (χ0v) is 14.6. The molecule has 6 nitrogen and oxygen atoms in total. The molecule has 1 aromatic rings. The minimum atomic E-state index is -0.944. The fourth-order valence-corrected chi connectivity index (χ4v) is 3.88. The van der Waals surface area contributed by atoms with Crippen LogP contribution in [0, 0.1) is 0 Å². The number of piperazine rings is 1. The first-order valence-electron chi connectivity index (χ1n) is 8.28. The first-order chi connectivity index (χ1) is 10.8. The van der Waals surface area contributed by atoms with Gasteiger partial charge < -0.3 is 15.5 Å². The smallest absolute Gasteiger partial charge is 0.227 e. The average Bonchev–Trinajstić information content (AvgIpc) is 2.96. The number of fused-ring (bicyclic) bond motifs is 1. The van der Waals surface area contributed by atoms with Gasteiger partial charge in [-0.05, 0) is 6.42 Å². The van der Waals surface area contributed by atoms with E-state index < -0.39 is 10.8 Å². The molecule has 22 heavy (non-hydrogen) atoms. The van der Waals surface area contributed by atoms with Crippen molar-refractivity contribution in [3.05, 3.63) is 5.69 Å². The minimum Gasteiger partial charge on any atom is -0.369 e. The maximum atomic E-state index is 12.1. The van der Waals surface area contributed by atoms with Gasteiger partial charge in [0.25, 0.3) is 0 Å². The molecule has 0 amide bonds. The number of aryl methyl sites for hydroxylation is 1. The summed E-state index contributed by atoms with van der Waals surface area (Å²) in [4.78, 5) is 12.3. The molecule has 2 aliphatic rings. The van der Waals surface area contributed by atoms with Gasteiger partial charge in [0, 0.05) is 44.9 Å². The lowest BCUT2D eigenvalue weighted by Gasteiger charge is -2.28. The van der Waals surface area contributed by atoms with Crippen LogP contribution in [0.5, 0.6) is 0 Å². The predicted octanol–water partition coefficient (Wildman–Crippen LogP) is 1.40. The van der Waals surface area contributed by atoms with Gasteiger partial charge in [-0.3, -0.25) is 4.21 Å². The van der Waals surface area contributed by atoms with Crippen LogP contribution in [0.15, 0.2) is 4.90 Å². The molecule has 2 aliphatic heterocycles. The summed E-state index contributed by atoms with van der Waals surface area (Å²) < 4.78 is 12.1. The third-order valence-electron chi connectivity index (χ3n) is 3.62. The van der Waals surface area contributed by atoms with E-state index in [1.807, 2.05) is 13.8 Å². The van der Waals surface area contributed by atoms with Crippen molar-refractivity contribution in [1.29, 1.82) is 0 Å². The lowest BCUT2D eigenvalue weighted by molar-refractivity contribution is 0.578. The van der Waals surface area contributed by atoms with Crippen molar-refractivity contribution in [3.8, 4) is 0 Å². The second-order valence-corrected chi connectivity index (χ2v) is 6.62. The van der Waals surface area contributed by atoms with Gasteiger partial charge in [-0.25, -0.2) is 4.98 Å². The molecule has 2 N–H and O–H groups in total. The van der Waals surface area contributed by atoms with E-state index in [4.69, 9.17) is 0 Å². The van der Waals surface area contributed by atoms with E-state index in [1.165, 1.54) is 0 Å². The molecular formula is C15H27N5OS. The Morgan fingerprint density at radius 1 is 1.27 bits per heavy atom. The molecule has 0 aromatic carbocycles. The minimum absolute atomic E-state index is 0.676. The number of nitrogens with one attached hydrogen (secondary N) is 2. The summed E-state index contributed by atoms with van der Waals surface area (Å²) in [6.07, 6.45) is 1.82. The lowest BCUT2D eigenvalue weighted by atomic mass is 10.3. The van der Waals surface area contributed by atoms with Gasteiger partial charge in [0.2, 0.25) is 5.95 Å². The van der Waals surface area contributed by atoms with Crippen molar-refractivity contribution in [2.75, 3.05) is 48.7 Å². The summed E-state index contributed by atoms with van der Waals surface area (Å²) in [6.45, 7) is 10.7. The molecule has 0 bridgehead atoms. The summed E-state index contributed by atoms with van der Waals surface area (Å²) in [5.74, 6) is 2.24. The van der Waals surface area contributed by atoms with Gasteiger partial charge in [-0.1, -0.05) is 20.8 Å². The highest BCUT2D eigenvalue weighted by atomic mass is 32.2. The fraction of sp³-hybridized carbons (Fsp3) is 0.733. The molecule has 1 aromatic heterocycles. The largest absolute Gasteiger partial charge is 0.369 e. The Balaban J connectivity index is 0.000000847. The van der Waals surface area contributed by atoms with E-state index >= 15 is 0 Å². The topological polar surface area (TPSA) is 70.2 Å². The van der Waals surface area contributed by atoms with E-state index in [9.17, 15) is 4.21 Å². The van der Waals surface area contributed by atoms with Crippen LogP contribution in [0.25, 0.3) is 0 Å². The number of nitrogens with zero attached hydrogens (tertiary/aromatic N) is 3. The summed E-state index contributed by atoms with van der Waals surface area (Å²) in [7, 11) is -0.944. The Labute approximate surface area is 135 Å². The Bertz CT molecular complexity index is 517. The Morgan fingerprint density at radius 2 is 2.00 bits per heavy atom. The van der Waals surface area contributed by atoms with Crippen LogP contribution in [-0.2, 0) is 17.2 Å². The van der Waals surface area contributed by atoms with Crippen LogP contribution in [0.1, 0.15) is 32.9 Å². The first-order valence-corrected chi connectivity index (χ1v) is 9.60. The van der Waals surface area contributed by atoms with Gasteiger partial charge in [0.15, 0.2) is 0 Å². The second kappa shape index (κ2) is 8.43. The first kappa shape index (κ1) is 17.1. The number of aromatic nitrogens is 2. The van der Waals surface area contributed by atoms with E-state index in [-0.39, 0.29) is 0 Å². The highest BCUT2D eigenvalue weighted by molar-refractivity contribution is 7.85. The van der Waals surface area contributed by atoms with Crippen molar-refractivity contribution < 1.29 is 4.21 Å². The number of anilines is 2. The molecule has 3 heterocycles. The van der Waals surface area contributed by atoms with Gasteiger partial charge >= 0.3 is 0 Å². The van der Waals surface area contributed by atoms with Crippen LogP contribution in [0.3, 0.4) is 0 Å². The van der Waals surface area contributed by atoms with Gasteiger partial charge in [-0.15, -0.1) is 0 Å². The van der Waals surface area contributed by atoms with Crippen molar-refractivity contribution >= 4 is 22.6 Å². The average molecular weight is 325 g/mol. The highest BCUT2D eigenvalue weighted by Crippen LogP contribution is 2.29. The fourth-order valence-electron chi connectivity index (χ4n) is 2.55. The van der Waals surface area contributed by atoms with Crippen molar-refractivity contribution in [3.63, 3.8) is 0 Å². The molecule has 7 heteroatoms. The number of hydrogen-bond acceptors (Lipinski definition) is 6. The molecule has 1 saturated heterocycles. The second-order valence-electron chi connectivity index (χ2n) is 5.11. The molecule has 1 atom stereocenters. The zero-order chi connectivity index (χ0) is 15.9. The molecule has 0 spiro atoms. The highest BCUT2D eigenvalue weighted by Gasteiger charge is 2.27. The Morgan fingerprint density at radius 3 is 2.68 bits per heavy atom. The molecule has 3 rings (SSSR count). The molecule has 124 valence electrons. The molecule has 0 radical (unpaired) electrons. The Kier molecular flexibility index (Phi) is 6.57. The molecule has 0 aliphatic carbocycles. The molecule has 0 saturated carbocycles. The Hall–Kier alpha value is -1.21. The van der Waals surface area contributed by atoms with E-state index in [0.29, 0.717) is 5.75 Å². The van der Waals surface area contributed by atoms with Crippen LogP contribution in [0.4, 0.5) is 11.8 Å².